The summed E-state index contributed by atoms with van der Waals surface area (Å²) in [5.41, 5.74) is 0.876. The summed E-state index contributed by atoms with van der Waals surface area (Å²) >= 11 is 5.82. The quantitative estimate of drug-likeness (QED) is 0.783. The lowest BCUT2D eigenvalue weighted by Crippen LogP contribution is -2.28. The third-order valence-corrected chi connectivity index (χ3v) is 6.63. The highest BCUT2D eigenvalue weighted by Gasteiger charge is 2.24. The maximum atomic E-state index is 13.1. The Morgan fingerprint density at radius 3 is 2.77 bits per heavy atom. The van der Waals surface area contributed by atoms with Gasteiger partial charge in [0, 0.05) is 24.6 Å². The first-order valence-corrected chi connectivity index (χ1v) is 10.6. The molecule has 1 aliphatic heterocycles. The molecule has 0 aliphatic carbocycles. The van der Waals surface area contributed by atoms with E-state index in [1.165, 1.54) is 12.4 Å². The molecule has 140 valence electrons. The molecule has 0 aromatic carbocycles. The molecule has 0 N–H and O–H groups in total. The van der Waals surface area contributed by atoms with E-state index in [0.29, 0.717) is 59.7 Å². The molecule has 0 saturated carbocycles. The molecule has 1 atom stereocenters. The molecule has 2 aromatic heterocycles. The van der Waals surface area contributed by atoms with E-state index in [0.717, 1.165) is 0 Å². The molecule has 1 saturated heterocycles. The lowest BCUT2D eigenvalue weighted by molar-refractivity contribution is 0.100. The number of hydrogen-bond donors (Lipinski definition) is 0. The fourth-order valence-corrected chi connectivity index (χ4v) is 4.80. The zero-order valence-electron chi connectivity index (χ0n) is 14.6. The first-order valence-electron chi connectivity index (χ1n) is 8.36. The average molecular weight is 398 g/mol. The van der Waals surface area contributed by atoms with Crippen LogP contribution >= 0.6 is 11.6 Å². The molecular formula is C16H20ClN5O3S. The van der Waals surface area contributed by atoms with E-state index < -0.39 is 15.6 Å². The normalized spacial score (nSPS) is 20.7. The van der Waals surface area contributed by atoms with Crippen LogP contribution in [0.3, 0.4) is 0 Å². The second kappa shape index (κ2) is 7.71. The Kier molecular flexibility index (Phi) is 5.57. The number of nitrogens with zero attached hydrogens (tertiary/aromatic N) is 5. The highest BCUT2D eigenvalue weighted by atomic mass is 35.5. The summed E-state index contributed by atoms with van der Waals surface area (Å²) < 4.78 is 22.3. The minimum atomic E-state index is -2.66. The summed E-state index contributed by atoms with van der Waals surface area (Å²) in [6.07, 6.45) is 4.24. The highest BCUT2D eigenvalue weighted by Crippen LogP contribution is 2.19. The van der Waals surface area contributed by atoms with Crippen LogP contribution in [-0.2, 0) is 16.1 Å². The van der Waals surface area contributed by atoms with Crippen molar-refractivity contribution in [3.05, 3.63) is 34.4 Å². The smallest absolute Gasteiger partial charge is 0.290 e. The predicted molar refractivity (Wildman–Crippen MR) is 99.1 cm³/mol. The van der Waals surface area contributed by atoms with E-state index in [9.17, 15) is 9.00 Å². The van der Waals surface area contributed by atoms with Gasteiger partial charge in [-0.25, -0.2) is 14.2 Å². The second-order valence-electron chi connectivity index (χ2n) is 6.03. The van der Waals surface area contributed by atoms with Crippen LogP contribution in [0.5, 0.6) is 0 Å². The van der Waals surface area contributed by atoms with Gasteiger partial charge in [-0.1, -0.05) is 23.7 Å². The average Bonchev–Trinajstić information content (AvgIpc) is 2.88. The van der Waals surface area contributed by atoms with Gasteiger partial charge in [-0.2, -0.15) is 4.36 Å². The molecule has 2 aromatic rings. The maximum Gasteiger partial charge on any atom is 0.290 e. The van der Waals surface area contributed by atoms with Gasteiger partial charge in [0.25, 0.3) is 5.91 Å². The Balaban J connectivity index is 1.81. The van der Waals surface area contributed by atoms with Gasteiger partial charge >= 0.3 is 0 Å². The van der Waals surface area contributed by atoms with Crippen molar-refractivity contribution in [3.8, 4) is 0 Å². The van der Waals surface area contributed by atoms with Crippen molar-refractivity contribution in [1.82, 2.24) is 15.1 Å². The van der Waals surface area contributed by atoms with Gasteiger partial charge in [0.05, 0.1) is 32.8 Å². The fraction of sp³-hybridized carbons (Fsp3) is 0.500. The Bertz CT molecular complexity index is 918. The number of aromatic nitrogens is 3. The minimum absolute atomic E-state index is 0.274. The monoisotopic (exact) mass is 397 g/mol. The zero-order chi connectivity index (χ0) is 18.7. The van der Waals surface area contributed by atoms with Crippen LogP contribution in [0.2, 0.25) is 5.02 Å². The van der Waals surface area contributed by atoms with Crippen molar-refractivity contribution in [2.75, 3.05) is 29.5 Å². The standard InChI is InChI=1S/C16H20ClN5O3S/c1-3-13-14(11(2)25-20-13)15(23)21-26(24)7-4-5-22(6-8-26)16-18-9-12(17)10-19-16/h9-10H,3-8H2,1-2H3. The number of amides is 1. The summed E-state index contributed by atoms with van der Waals surface area (Å²) in [5.74, 6) is 1.06. The Labute approximate surface area is 157 Å². The van der Waals surface area contributed by atoms with Crippen LogP contribution in [0, 0.1) is 6.92 Å². The molecule has 10 heteroatoms. The Morgan fingerprint density at radius 2 is 2.08 bits per heavy atom. The molecule has 1 fully saturated rings. The summed E-state index contributed by atoms with van der Waals surface area (Å²) in [5, 5.41) is 4.33. The van der Waals surface area contributed by atoms with Crippen molar-refractivity contribution in [2.45, 2.75) is 26.7 Å². The lowest BCUT2D eigenvalue weighted by atomic mass is 10.1. The molecule has 26 heavy (non-hydrogen) atoms. The number of hydrogen-bond acceptors (Lipinski definition) is 7. The molecule has 3 heterocycles. The van der Waals surface area contributed by atoms with Crippen LogP contribution < -0.4 is 4.90 Å². The Hall–Kier alpha value is -2.00. The molecular weight excluding hydrogens is 378 g/mol. The van der Waals surface area contributed by atoms with Gasteiger partial charge in [-0.3, -0.25) is 4.79 Å². The lowest BCUT2D eigenvalue weighted by Gasteiger charge is -2.19. The van der Waals surface area contributed by atoms with Gasteiger partial charge in [0.15, 0.2) is 0 Å². The van der Waals surface area contributed by atoms with Gasteiger partial charge in [0.2, 0.25) is 5.95 Å². The highest BCUT2D eigenvalue weighted by molar-refractivity contribution is 7.93. The molecule has 0 bridgehead atoms. The molecule has 1 unspecified atom stereocenters. The number of rotatable bonds is 3. The van der Waals surface area contributed by atoms with E-state index >= 15 is 0 Å². The van der Waals surface area contributed by atoms with E-state index in [4.69, 9.17) is 16.1 Å². The van der Waals surface area contributed by atoms with E-state index in [2.05, 4.69) is 19.5 Å². The SMILES string of the molecule is CCc1noc(C)c1C(=O)N=S1(=O)CCCN(c2ncc(Cl)cn2)CC1. The second-order valence-corrected chi connectivity index (χ2v) is 9.01. The third kappa shape index (κ3) is 4.04. The van der Waals surface area contributed by atoms with Crippen LogP contribution in [0.25, 0.3) is 0 Å². The van der Waals surface area contributed by atoms with Crippen molar-refractivity contribution in [2.24, 2.45) is 4.36 Å². The third-order valence-electron chi connectivity index (χ3n) is 4.19. The van der Waals surface area contributed by atoms with E-state index in [1.54, 1.807) is 6.92 Å². The van der Waals surface area contributed by atoms with Gasteiger partial charge in [0.1, 0.15) is 11.3 Å². The zero-order valence-corrected chi connectivity index (χ0v) is 16.2. The minimum Gasteiger partial charge on any atom is -0.361 e. The Morgan fingerprint density at radius 1 is 1.35 bits per heavy atom. The largest absolute Gasteiger partial charge is 0.361 e. The van der Waals surface area contributed by atoms with E-state index in [-0.39, 0.29) is 5.75 Å². The number of halogens is 1. The molecule has 1 aliphatic rings. The van der Waals surface area contributed by atoms with Gasteiger partial charge in [-0.15, -0.1) is 0 Å². The molecule has 3 rings (SSSR count). The van der Waals surface area contributed by atoms with Crippen LogP contribution in [-0.4, -0.2) is 49.8 Å². The van der Waals surface area contributed by atoms with Crippen LogP contribution in [0.1, 0.15) is 35.2 Å². The summed E-state index contributed by atoms with van der Waals surface area (Å²) in [6.45, 7) is 4.65. The van der Waals surface area contributed by atoms with Crippen molar-refractivity contribution >= 4 is 33.2 Å². The topological polar surface area (TPSA) is 102 Å². The molecule has 0 spiro atoms. The van der Waals surface area contributed by atoms with Crippen molar-refractivity contribution in [1.29, 1.82) is 0 Å². The van der Waals surface area contributed by atoms with Crippen molar-refractivity contribution < 1.29 is 13.5 Å². The van der Waals surface area contributed by atoms with Gasteiger partial charge < -0.3 is 9.42 Å². The molecule has 8 nitrogen and oxygen atoms in total. The number of anilines is 1. The molecule has 0 radical (unpaired) electrons. The van der Waals surface area contributed by atoms with E-state index in [1.807, 2.05) is 11.8 Å². The number of carbonyl (C=O) groups is 1. The summed E-state index contributed by atoms with van der Waals surface area (Å²) in [7, 11) is -2.66. The number of aryl methyl sites for hydroxylation is 2. The summed E-state index contributed by atoms with van der Waals surface area (Å²) in [4.78, 5) is 22.9. The predicted octanol–water partition coefficient (Wildman–Crippen LogP) is 2.51. The first kappa shape index (κ1) is 18.8. The summed E-state index contributed by atoms with van der Waals surface area (Å²) in [6, 6.07) is 0. The van der Waals surface area contributed by atoms with Gasteiger partial charge in [-0.05, 0) is 19.8 Å². The van der Waals surface area contributed by atoms with Crippen LogP contribution in [0.15, 0.2) is 21.3 Å². The van der Waals surface area contributed by atoms with Crippen molar-refractivity contribution in [3.63, 3.8) is 0 Å². The number of carbonyl (C=O) groups excluding carboxylic acids is 1. The molecule has 1 amide bonds. The fourth-order valence-electron chi connectivity index (χ4n) is 2.84. The first-order chi connectivity index (χ1) is 12.4. The van der Waals surface area contributed by atoms with Crippen LogP contribution in [0.4, 0.5) is 5.95 Å². The maximum absolute atomic E-state index is 13.1.